The van der Waals surface area contributed by atoms with Crippen molar-refractivity contribution < 1.29 is 54.0 Å². The summed E-state index contributed by atoms with van der Waals surface area (Å²) in [6.07, 6.45) is 31.6. The van der Waals surface area contributed by atoms with Crippen molar-refractivity contribution in [2.75, 3.05) is 26.2 Å². The number of unbranched alkanes of at least 4 members (excludes halogenated alkanes) is 22. The standard InChI is InChI=1S/C45H90N10O4.2ClH/c1-3-5-7-9-11-13-16-20-24-32-40(56)54-38(30-28-36-52-44(46)47)42(58)50-34-26-22-18-15-19-23-27-35-51-43(59)39(31-29-37-53-45(48)49)55-41(57)33-25-21-17-14-12-10-8-6-4-2;;/h38-39H,3-37H2,1-2H3,(H,50,58)(H,51,59)(H,54,56)(H,55,57)(H4,46,47,52)(H4,48,49,53);2*1H. The van der Waals surface area contributed by atoms with Gasteiger partial charge < -0.3 is 46.1 Å². The number of carbonyl (C=O) groups excluding carboxylic acids is 4. The maximum atomic E-state index is 13.0. The predicted molar refractivity (Wildman–Crippen MR) is 243 cm³/mol. The fraction of sp³-hybridized carbons (Fsp3) is 0.867. The SMILES string of the molecule is CCCCCCCCCCCC(=O)NC(CCC[NH+]=C(N)N)C(=O)NCCCCCCCCCNC(=O)C(CCC[NH+]=C(N)N)NC(=O)CCCCCCCCCCC.[Cl-].[Cl-]. The number of rotatable bonds is 42. The van der Waals surface area contributed by atoms with Crippen LogP contribution in [0.25, 0.3) is 0 Å². The van der Waals surface area contributed by atoms with Crippen molar-refractivity contribution >= 4 is 35.5 Å². The molecule has 0 aromatic rings. The van der Waals surface area contributed by atoms with Gasteiger partial charge in [0.05, 0.1) is 13.1 Å². The van der Waals surface area contributed by atoms with Gasteiger partial charge in [-0.15, -0.1) is 0 Å². The summed E-state index contributed by atoms with van der Waals surface area (Å²) in [7, 11) is 0. The molecule has 0 spiro atoms. The van der Waals surface area contributed by atoms with Gasteiger partial charge in [-0.2, -0.15) is 0 Å². The monoisotopic (exact) mass is 907 g/mol. The topological polar surface area (TPSA) is 248 Å². The van der Waals surface area contributed by atoms with Crippen LogP contribution in [0.1, 0.15) is 213 Å². The van der Waals surface area contributed by atoms with Gasteiger partial charge in [0, 0.05) is 25.9 Å². The highest BCUT2D eigenvalue weighted by atomic mass is 35.5. The molecule has 0 radical (unpaired) electrons. The molecule has 0 bridgehead atoms. The number of carbonyl (C=O) groups is 4. The van der Waals surface area contributed by atoms with Gasteiger partial charge in [0.1, 0.15) is 12.1 Å². The molecule has 0 aromatic carbocycles. The molecule has 2 atom stereocenters. The number of hydrogen-bond donors (Lipinski definition) is 10. The summed E-state index contributed by atoms with van der Waals surface area (Å²) in [5.41, 5.74) is 22.0. The molecule has 0 aliphatic rings. The van der Waals surface area contributed by atoms with Crippen LogP contribution in [-0.4, -0.2) is 73.8 Å². The van der Waals surface area contributed by atoms with Crippen LogP contribution in [0.15, 0.2) is 0 Å². The lowest BCUT2D eigenvalue weighted by atomic mass is 10.1. The van der Waals surface area contributed by atoms with Crippen LogP contribution >= 0.6 is 0 Å². The van der Waals surface area contributed by atoms with Gasteiger partial charge in [-0.3, -0.25) is 52.1 Å². The first kappa shape index (κ1) is 62.3. The molecule has 0 aromatic heterocycles. The van der Waals surface area contributed by atoms with Crippen LogP contribution in [0.4, 0.5) is 0 Å². The molecule has 0 rings (SSSR count). The molecule has 0 fully saturated rings. The van der Waals surface area contributed by atoms with E-state index in [0.29, 0.717) is 64.7 Å². The van der Waals surface area contributed by atoms with Gasteiger partial charge in [0.15, 0.2) is 0 Å². The number of halogens is 2. The summed E-state index contributed by atoms with van der Waals surface area (Å²) in [5, 5.41) is 12.0. The van der Waals surface area contributed by atoms with Gasteiger partial charge in [-0.1, -0.05) is 149 Å². The summed E-state index contributed by atoms with van der Waals surface area (Å²) >= 11 is 0. The lowest BCUT2D eigenvalue weighted by Crippen LogP contribution is -3.00. The first-order chi connectivity index (χ1) is 28.6. The van der Waals surface area contributed by atoms with Crippen LogP contribution in [0.5, 0.6) is 0 Å². The van der Waals surface area contributed by atoms with Crippen LogP contribution in [0.3, 0.4) is 0 Å². The fourth-order valence-electron chi connectivity index (χ4n) is 7.14. The zero-order valence-corrected chi connectivity index (χ0v) is 40.1. The van der Waals surface area contributed by atoms with E-state index in [9.17, 15) is 19.2 Å². The van der Waals surface area contributed by atoms with Crippen LogP contribution in [0, 0.1) is 0 Å². The molecular formula is C45H92Cl2N10O4. The van der Waals surface area contributed by atoms with Crippen LogP contribution in [0.2, 0.25) is 0 Å². The minimum Gasteiger partial charge on any atom is -1.00 e. The van der Waals surface area contributed by atoms with E-state index < -0.39 is 12.1 Å². The Balaban J connectivity index is -0.0000168. The first-order valence-electron chi connectivity index (χ1n) is 24.0. The average molecular weight is 908 g/mol. The molecule has 0 heterocycles. The normalized spacial score (nSPS) is 11.6. The maximum absolute atomic E-state index is 13.0. The summed E-state index contributed by atoms with van der Waals surface area (Å²) in [5.74, 6) is -0.145. The Morgan fingerprint density at radius 1 is 0.410 bits per heavy atom. The van der Waals surface area contributed by atoms with Crippen LogP contribution in [-0.2, 0) is 19.2 Å². The van der Waals surface area contributed by atoms with E-state index >= 15 is 0 Å². The van der Waals surface area contributed by atoms with Crippen molar-refractivity contribution in [1.82, 2.24) is 21.3 Å². The Bertz CT molecular complexity index is 1040. The fourth-order valence-corrected chi connectivity index (χ4v) is 7.14. The van der Waals surface area contributed by atoms with E-state index in [1.165, 1.54) is 77.0 Å². The highest BCUT2D eigenvalue weighted by molar-refractivity contribution is 5.88. The number of nitrogens with one attached hydrogen (secondary N) is 6. The smallest absolute Gasteiger partial charge is 0.338 e. The second-order valence-electron chi connectivity index (χ2n) is 16.5. The zero-order chi connectivity index (χ0) is 43.6. The number of guanidine groups is 2. The lowest BCUT2D eigenvalue weighted by Gasteiger charge is -2.18. The van der Waals surface area contributed by atoms with Gasteiger partial charge >= 0.3 is 11.9 Å². The summed E-state index contributed by atoms with van der Waals surface area (Å²) in [6, 6.07) is -1.16. The van der Waals surface area contributed by atoms with E-state index in [0.717, 1.165) is 83.5 Å². The third-order valence-electron chi connectivity index (χ3n) is 10.8. The molecule has 0 aliphatic heterocycles. The molecule has 0 saturated heterocycles. The van der Waals surface area contributed by atoms with Crippen molar-refractivity contribution in [2.45, 2.75) is 225 Å². The molecule has 360 valence electrons. The number of hydrogen-bond acceptors (Lipinski definition) is 4. The van der Waals surface area contributed by atoms with Crippen molar-refractivity contribution in [2.24, 2.45) is 22.9 Å². The summed E-state index contributed by atoms with van der Waals surface area (Å²) in [6.45, 7) is 6.67. The number of amides is 4. The van der Waals surface area contributed by atoms with E-state index in [1.807, 2.05) is 0 Å². The van der Waals surface area contributed by atoms with Crippen molar-refractivity contribution in [3.63, 3.8) is 0 Å². The minimum absolute atomic E-state index is 0. The van der Waals surface area contributed by atoms with E-state index in [-0.39, 0.29) is 60.4 Å². The Morgan fingerprint density at radius 2 is 0.689 bits per heavy atom. The molecule has 2 unspecified atom stereocenters. The molecule has 14 N–H and O–H groups in total. The molecular weight excluding hydrogens is 815 g/mol. The summed E-state index contributed by atoms with van der Waals surface area (Å²) in [4.78, 5) is 57.2. The second-order valence-corrected chi connectivity index (χ2v) is 16.5. The molecule has 0 aliphatic carbocycles. The molecule has 61 heavy (non-hydrogen) atoms. The molecule has 0 saturated carbocycles. The van der Waals surface area contributed by atoms with Crippen molar-refractivity contribution in [3.8, 4) is 0 Å². The van der Waals surface area contributed by atoms with Gasteiger partial charge in [0.25, 0.3) is 0 Å². The third-order valence-corrected chi connectivity index (χ3v) is 10.8. The quantitative estimate of drug-likeness (QED) is 0.0172. The van der Waals surface area contributed by atoms with Crippen molar-refractivity contribution in [3.05, 3.63) is 0 Å². The highest BCUT2D eigenvalue weighted by Gasteiger charge is 2.21. The Hall–Kier alpha value is -3.00. The van der Waals surface area contributed by atoms with Gasteiger partial charge in [-0.25, -0.2) is 0 Å². The van der Waals surface area contributed by atoms with Gasteiger partial charge in [0.2, 0.25) is 23.6 Å². The molecule has 4 amide bonds. The van der Waals surface area contributed by atoms with Crippen LogP contribution < -0.4 is 79.0 Å². The van der Waals surface area contributed by atoms with E-state index in [4.69, 9.17) is 22.9 Å². The van der Waals surface area contributed by atoms with Crippen molar-refractivity contribution in [1.29, 1.82) is 0 Å². The largest absolute Gasteiger partial charge is 1.00 e. The minimum atomic E-state index is -0.579. The summed E-state index contributed by atoms with van der Waals surface area (Å²) < 4.78 is 0. The second kappa shape index (κ2) is 46.5. The first-order valence-corrected chi connectivity index (χ1v) is 24.0. The van der Waals surface area contributed by atoms with Gasteiger partial charge in [-0.05, 0) is 51.4 Å². The molecule has 16 heteroatoms. The van der Waals surface area contributed by atoms with E-state index in [1.54, 1.807) is 0 Å². The molecule has 14 nitrogen and oxygen atoms in total. The maximum Gasteiger partial charge on any atom is 0.338 e. The average Bonchev–Trinajstić information content (AvgIpc) is 3.20. The Labute approximate surface area is 383 Å². The number of nitrogens with two attached hydrogens (primary N) is 4. The predicted octanol–water partition coefficient (Wildman–Crippen LogP) is -2.96. The highest BCUT2D eigenvalue weighted by Crippen LogP contribution is 2.13. The Kier molecular flexibility index (Phi) is 47.5. The van der Waals surface area contributed by atoms with E-state index in [2.05, 4.69) is 45.1 Å². The Morgan fingerprint density at radius 3 is 0.984 bits per heavy atom. The lowest BCUT2D eigenvalue weighted by molar-refractivity contribution is -0.460. The zero-order valence-electron chi connectivity index (χ0n) is 38.6. The third kappa shape index (κ3) is 43.4.